The molecule has 0 fully saturated rings. The van der Waals surface area contributed by atoms with Crippen LogP contribution in [0.15, 0.2) is 16.7 Å². The zero-order valence-electron chi connectivity index (χ0n) is 8.12. The summed E-state index contributed by atoms with van der Waals surface area (Å²) in [6.07, 6.45) is 2.19. The number of rotatable bonds is 3. The Morgan fingerprint density at radius 3 is 2.86 bits per heavy atom. The second kappa shape index (κ2) is 4.55. The van der Waals surface area contributed by atoms with Crippen LogP contribution >= 0.6 is 15.9 Å². The van der Waals surface area contributed by atoms with Crippen molar-refractivity contribution in [3.8, 4) is 0 Å². The fourth-order valence-corrected chi connectivity index (χ4v) is 1.80. The molecule has 0 aliphatic carbocycles. The van der Waals surface area contributed by atoms with Crippen molar-refractivity contribution in [1.82, 2.24) is 4.98 Å². The van der Waals surface area contributed by atoms with Gasteiger partial charge in [-0.1, -0.05) is 6.92 Å². The van der Waals surface area contributed by atoms with Gasteiger partial charge in [-0.2, -0.15) is 0 Å². The lowest BCUT2D eigenvalue weighted by molar-refractivity contribution is -0.139. The normalized spacial score (nSPS) is 12.5. The summed E-state index contributed by atoms with van der Waals surface area (Å²) in [5.41, 5.74) is 1.62. The Morgan fingerprint density at radius 2 is 2.36 bits per heavy atom. The van der Waals surface area contributed by atoms with Crippen molar-refractivity contribution in [3.05, 3.63) is 28.0 Å². The van der Waals surface area contributed by atoms with E-state index in [1.807, 2.05) is 19.9 Å². The van der Waals surface area contributed by atoms with Gasteiger partial charge in [0.25, 0.3) is 0 Å². The summed E-state index contributed by atoms with van der Waals surface area (Å²) in [5, 5.41) is 8.98. The average molecular weight is 258 g/mol. The van der Waals surface area contributed by atoms with E-state index < -0.39 is 11.9 Å². The number of pyridine rings is 1. The smallest absolute Gasteiger partial charge is 0.312 e. The predicted molar refractivity (Wildman–Crippen MR) is 57.3 cm³/mol. The zero-order valence-corrected chi connectivity index (χ0v) is 9.71. The van der Waals surface area contributed by atoms with Gasteiger partial charge in [-0.3, -0.25) is 9.78 Å². The number of carboxylic acids is 1. The van der Waals surface area contributed by atoms with Crippen molar-refractivity contribution in [3.63, 3.8) is 0 Å². The quantitative estimate of drug-likeness (QED) is 0.906. The van der Waals surface area contributed by atoms with Crippen LogP contribution in [0.3, 0.4) is 0 Å². The summed E-state index contributed by atoms with van der Waals surface area (Å²) < 4.78 is 0.800. The molecule has 0 aliphatic rings. The Morgan fingerprint density at radius 1 is 1.71 bits per heavy atom. The molecule has 1 unspecified atom stereocenters. The maximum atomic E-state index is 10.9. The molecule has 14 heavy (non-hydrogen) atoms. The van der Waals surface area contributed by atoms with E-state index in [1.165, 1.54) is 0 Å². The molecule has 0 aromatic carbocycles. The molecule has 1 rings (SSSR count). The first-order valence-electron chi connectivity index (χ1n) is 4.41. The van der Waals surface area contributed by atoms with Crippen molar-refractivity contribution in [2.75, 3.05) is 0 Å². The van der Waals surface area contributed by atoms with Crippen LogP contribution in [0.1, 0.15) is 30.5 Å². The van der Waals surface area contributed by atoms with Gasteiger partial charge >= 0.3 is 5.97 Å². The molecule has 1 aromatic heterocycles. The molecule has 1 aromatic rings. The maximum Gasteiger partial charge on any atom is 0.312 e. The van der Waals surface area contributed by atoms with E-state index in [9.17, 15) is 4.79 Å². The van der Waals surface area contributed by atoms with Crippen molar-refractivity contribution < 1.29 is 9.90 Å². The summed E-state index contributed by atoms with van der Waals surface area (Å²) in [7, 11) is 0. The minimum absolute atomic E-state index is 0.524. The van der Waals surface area contributed by atoms with Gasteiger partial charge in [-0.25, -0.2) is 0 Å². The Hall–Kier alpha value is -0.900. The van der Waals surface area contributed by atoms with Crippen LogP contribution in [0, 0.1) is 6.92 Å². The van der Waals surface area contributed by atoms with Crippen LogP contribution in [-0.2, 0) is 4.79 Å². The van der Waals surface area contributed by atoms with E-state index in [4.69, 9.17) is 5.11 Å². The summed E-state index contributed by atoms with van der Waals surface area (Å²) in [6, 6.07) is 1.85. The fraction of sp³-hybridized carbons (Fsp3) is 0.400. The van der Waals surface area contributed by atoms with Crippen molar-refractivity contribution in [1.29, 1.82) is 0 Å². The second-order valence-electron chi connectivity index (χ2n) is 3.13. The molecule has 0 spiro atoms. The summed E-state index contributed by atoms with van der Waals surface area (Å²) in [5.74, 6) is -1.35. The minimum atomic E-state index is -0.827. The van der Waals surface area contributed by atoms with Crippen molar-refractivity contribution in [2.45, 2.75) is 26.2 Å². The van der Waals surface area contributed by atoms with E-state index in [0.29, 0.717) is 12.1 Å². The van der Waals surface area contributed by atoms with Gasteiger partial charge in [-0.05, 0) is 40.9 Å². The molecule has 0 saturated carbocycles. The number of nitrogens with zero attached hydrogens (tertiary/aromatic N) is 1. The number of hydrogen-bond acceptors (Lipinski definition) is 2. The van der Waals surface area contributed by atoms with Crippen LogP contribution in [-0.4, -0.2) is 16.1 Å². The Balaban J connectivity index is 3.16. The van der Waals surface area contributed by atoms with Crippen LogP contribution in [0.25, 0.3) is 0 Å². The monoisotopic (exact) mass is 257 g/mol. The van der Waals surface area contributed by atoms with Crippen LogP contribution < -0.4 is 0 Å². The highest BCUT2D eigenvalue weighted by Gasteiger charge is 2.21. The molecule has 3 nitrogen and oxygen atoms in total. The fourth-order valence-electron chi connectivity index (χ4n) is 1.29. The number of aliphatic carboxylic acids is 1. The van der Waals surface area contributed by atoms with E-state index in [-0.39, 0.29) is 0 Å². The number of aryl methyl sites for hydroxylation is 1. The lowest BCUT2D eigenvalue weighted by atomic mass is 10.0. The van der Waals surface area contributed by atoms with Gasteiger partial charge < -0.3 is 5.11 Å². The molecule has 1 N–H and O–H groups in total. The minimum Gasteiger partial charge on any atom is -0.481 e. The average Bonchev–Trinajstić information content (AvgIpc) is 2.13. The van der Waals surface area contributed by atoms with Crippen LogP contribution in [0.2, 0.25) is 0 Å². The van der Waals surface area contributed by atoms with Crippen LogP contribution in [0.5, 0.6) is 0 Å². The molecular formula is C10H12BrNO2. The number of hydrogen-bond donors (Lipinski definition) is 1. The molecule has 0 aliphatic heterocycles. The SMILES string of the molecule is CCC(C(=O)O)c1nccc(C)c1Br. The van der Waals surface area contributed by atoms with Gasteiger partial charge in [0.05, 0.1) is 11.6 Å². The molecule has 0 radical (unpaired) electrons. The highest BCUT2D eigenvalue weighted by Crippen LogP contribution is 2.27. The largest absolute Gasteiger partial charge is 0.481 e. The van der Waals surface area contributed by atoms with E-state index in [0.717, 1.165) is 10.0 Å². The Kier molecular flexibility index (Phi) is 3.63. The molecule has 0 saturated heterocycles. The van der Waals surface area contributed by atoms with Crippen LogP contribution in [0.4, 0.5) is 0 Å². The highest BCUT2D eigenvalue weighted by molar-refractivity contribution is 9.10. The molecule has 1 atom stereocenters. The second-order valence-corrected chi connectivity index (χ2v) is 3.92. The molecule has 0 bridgehead atoms. The molecule has 1 heterocycles. The van der Waals surface area contributed by atoms with Crippen molar-refractivity contribution in [2.24, 2.45) is 0 Å². The summed E-state index contributed by atoms with van der Waals surface area (Å²) in [6.45, 7) is 3.76. The third-order valence-electron chi connectivity index (χ3n) is 2.15. The zero-order chi connectivity index (χ0) is 10.7. The Bertz CT molecular complexity index is 352. The third-order valence-corrected chi connectivity index (χ3v) is 3.18. The molecular weight excluding hydrogens is 246 g/mol. The van der Waals surface area contributed by atoms with E-state index >= 15 is 0 Å². The summed E-state index contributed by atoms with van der Waals surface area (Å²) >= 11 is 3.36. The first-order valence-corrected chi connectivity index (χ1v) is 5.21. The van der Waals surface area contributed by atoms with Gasteiger partial charge in [0, 0.05) is 10.7 Å². The molecule has 0 amide bonds. The third kappa shape index (κ3) is 2.12. The first kappa shape index (κ1) is 11.2. The van der Waals surface area contributed by atoms with Gasteiger partial charge in [0.15, 0.2) is 0 Å². The number of carbonyl (C=O) groups is 1. The highest BCUT2D eigenvalue weighted by atomic mass is 79.9. The summed E-state index contributed by atoms with van der Waals surface area (Å²) in [4.78, 5) is 15.0. The lowest BCUT2D eigenvalue weighted by Crippen LogP contribution is -2.13. The van der Waals surface area contributed by atoms with E-state index in [1.54, 1.807) is 6.20 Å². The number of halogens is 1. The topological polar surface area (TPSA) is 50.2 Å². The number of aromatic nitrogens is 1. The van der Waals surface area contributed by atoms with Crippen molar-refractivity contribution >= 4 is 21.9 Å². The predicted octanol–water partition coefficient (Wildman–Crippen LogP) is 2.73. The lowest BCUT2D eigenvalue weighted by Gasteiger charge is -2.12. The van der Waals surface area contributed by atoms with E-state index in [2.05, 4.69) is 20.9 Å². The first-order chi connectivity index (χ1) is 6.57. The maximum absolute atomic E-state index is 10.9. The van der Waals surface area contributed by atoms with Gasteiger partial charge in [0.2, 0.25) is 0 Å². The van der Waals surface area contributed by atoms with Gasteiger partial charge in [-0.15, -0.1) is 0 Å². The molecule has 4 heteroatoms. The molecule has 76 valence electrons. The number of carboxylic acid groups (broad SMARTS) is 1. The Labute approximate surface area is 91.3 Å². The standard InChI is InChI=1S/C10H12BrNO2/c1-3-7(10(13)14)9-8(11)6(2)4-5-12-9/h4-5,7H,3H2,1-2H3,(H,13,14). The van der Waals surface area contributed by atoms with Gasteiger partial charge in [0.1, 0.15) is 0 Å².